The van der Waals surface area contributed by atoms with Gasteiger partial charge in [-0.25, -0.2) is 9.97 Å². The summed E-state index contributed by atoms with van der Waals surface area (Å²) in [5.41, 5.74) is 2.40. The minimum atomic E-state index is -0.117. The topological polar surface area (TPSA) is 80.1 Å². The molecule has 6 heteroatoms. The van der Waals surface area contributed by atoms with Crippen molar-refractivity contribution in [3.05, 3.63) is 35.7 Å². The molecule has 3 rings (SSSR count). The molecule has 1 N–H and O–H groups in total. The fourth-order valence-electron chi connectivity index (χ4n) is 2.73. The summed E-state index contributed by atoms with van der Waals surface area (Å²) in [5.74, 6) is 0.588. The second-order valence-corrected chi connectivity index (χ2v) is 5.56. The van der Waals surface area contributed by atoms with Crippen molar-refractivity contribution in [1.82, 2.24) is 9.97 Å². The van der Waals surface area contributed by atoms with E-state index in [2.05, 4.69) is 21.4 Å². The third-order valence-electron chi connectivity index (χ3n) is 3.80. The summed E-state index contributed by atoms with van der Waals surface area (Å²) >= 11 is 0. The third kappa shape index (κ3) is 3.95. The average molecular weight is 312 g/mol. The molecule has 0 aromatic carbocycles. The molecule has 1 aromatic rings. The Hall–Kier alpha value is -2.23. The quantitative estimate of drug-likeness (QED) is 0.898. The van der Waals surface area contributed by atoms with Crippen molar-refractivity contribution >= 4 is 11.5 Å². The first-order valence-corrected chi connectivity index (χ1v) is 7.91. The van der Waals surface area contributed by atoms with Gasteiger partial charge in [0.15, 0.2) is 0 Å². The van der Waals surface area contributed by atoms with Gasteiger partial charge in [0.05, 0.1) is 30.6 Å². The SMILES string of the molecule is CCNc1nccc(C2=CC(OC3CCOC3)CC(C#N)=C2)n1. The standard InChI is InChI=1S/C17H20N4O2/c1-2-19-17-20-5-3-16(21-17)13-7-12(10-18)8-15(9-13)23-14-4-6-22-11-14/h3,5,7,9,14-15H,2,4,6,8,11H2,1H3,(H,19,20,21). The van der Waals surface area contributed by atoms with Crippen LogP contribution in [0.2, 0.25) is 0 Å². The highest BCUT2D eigenvalue weighted by Crippen LogP contribution is 2.27. The summed E-state index contributed by atoms with van der Waals surface area (Å²) in [6, 6.07) is 4.09. The molecule has 120 valence electrons. The van der Waals surface area contributed by atoms with Gasteiger partial charge >= 0.3 is 0 Å². The van der Waals surface area contributed by atoms with Gasteiger partial charge in [-0.15, -0.1) is 0 Å². The predicted molar refractivity (Wildman–Crippen MR) is 86.6 cm³/mol. The Labute approximate surface area is 135 Å². The number of nitriles is 1. The highest BCUT2D eigenvalue weighted by atomic mass is 16.5. The molecule has 2 unspecified atom stereocenters. The Bertz CT molecular complexity index is 657. The van der Waals surface area contributed by atoms with E-state index in [1.54, 1.807) is 6.20 Å². The van der Waals surface area contributed by atoms with Crippen molar-refractivity contribution in [2.24, 2.45) is 0 Å². The first-order chi connectivity index (χ1) is 11.3. The minimum absolute atomic E-state index is 0.110. The van der Waals surface area contributed by atoms with Crippen LogP contribution in [-0.2, 0) is 9.47 Å². The Morgan fingerprint density at radius 2 is 2.43 bits per heavy atom. The van der Waals surface area contributed by atoms with Gasteiger partial charge in [0.1, 0.15) is 0 Å². The molecular weight excluding hydrogens is 292 g/mol. The number of hydrogen-bond donors (Lipinski definition) is 1. The lowest BCUT2D eigenvalue weighted by atomic mass is 9.96. The molecule has 2 heterocycles. The number of allylic oxidation sites excluding steroid dienone is 2. The van der Waals surface area contributed by atoms with E-state index >= 15 is 0 Å². The van der Waals surface area contributed by atoms with Crippen LogP contribution in [0, 0.1) is 11.3 Å². The summed E-state index contributed by atoms with van der Waals surface area (Å²) in [5, 5.41) is 12.4. The van der Waals surface area contributed by atoms with Crippen molar-refractivity contribution in [2.75, 3.05) is 25.1 Å². The average Bonchev–Trinajstić information content (AvgIpc) is 3.08. The molecule has 2 atom stereocenters. The Morgan fingerprint density at radius 3 is 3.17 bits per heavy atom. The van der Waals surface area contributed by atoms with Gasteiger partial charge in [-0.2, -0.15) is 5.26 Å². The van der Waals surface area contributed by atoms with Crippen LogP contribution >= 0.6 is 0 Å². The molecule has 1 fully saturated rings. The van der Waals surface area contributed by atoms with Gasteiger partial charge in [0.2, 0.25) is 5.95 Å². The Balaban J connectivity index is 1.82. The molecule has 1 aromatic heterocycles. The van der Waals surface area contributed by atoms with Crippen molar-refractivity contribution in [2.45, 2.75) is 32.0 Å². The molecule has 0 radical (unpaired) electrons. The molecular formula is C17H20N4O2. The summed E-state index contributed by atoms with van der Waals surface area (Å²) in [4.78, 5) is 8.68. The number of nitrogens with zero attached hydrogens (tertiary/aromatic N) is 3. The lowest BCUT2D eigenvalue weighted by Crippen LogP contribution is -2.23. The molecule has 0 spiro atoms. The van der Waals surface area contributed by atoms with Crippen LogP contribution < -0.4 is 5.32 Å². The van der Waals surface area contributed by atoms with Gasteiger partial charge in [0.25, 0.3) is 0 Å². The highest BCUT2D eigenvalue weighted by molar-refractivity contribution is 5.75. The number of ether oxygens (including phenoxy) is 2. The molecule has 2 aliphatic rings. The van der Waals surface area contributed by atoms with Crippen molar-refractivity contribution < 1.29 is 9.47 Å². The van der Waals surface area contributed by atoms with Crippen molar-refractivity contribution in [3.63, 3.8) is 0 Å². The lowest BCUT2D eigenvalue weighted by molar-refractivity contribution is 0.00823. The monoisotopic (exact) mass is 312 g/mol. The summed E-state index contributed by atoms with van der Waals surface area (Å²) in [6.07, 6.45) is 7.13. The molecule has 0 saturated carbocycles. The minimum Gasteiger partial charge on any atom is -0.379 e. The van der Waals surface area contributed by atoms with Crippen LogP contribution in [-0.4, -0.2) is 41.9 Å². The molecule has 23 heavy (non-hydrogen) atoms. The second kappa shape index (κ2) is 7.36. The molecule has 0 bridgehead atoms. The number of rotatable bonds is 5. The maximum Gasteiger partial charge on any atom is 0.223 e. The van der Waals surface area contributed by atoms with Crippen LogP contribution in [0.1, 0.15) is 25.5 Å². The van der Waals surface area contributed by atoms with Gasteiger partial charge in [-0.3, -0.25) is 0 Å². The number of nitrogens with one attached hydrogen (secondary N) is 1. The van der Waals surface area contributed by atoms with Gasteiger partial charge in [-0.05, 0) is 37.1 Å². The maximum absolute atomic E-state index is 9.30. The first kappa shape index (κ1) is 15.7. The fraction of sp³-hybridized carbons (Fsp3) is 0.471. The zero-order chi connectivity index (χ0) is 16.1. The summed E-state index contributed by atoms with van der Waals surface area (Å²) < 4.78 is 11.4. The van der Waals surface area contributed by atoms with Crippen LogP contribution in [0.25, 0.3) is 5.57 Å². The third-order valence-corrected chi connectivity index (χ3v) is 3.80. The number of anilines is 1. The van der Waals surface area contributed by atoms with E-state index in [1.165, 1.54) is 0 Å². The Kier molecular flexibility index (Phi) is 5.01. The van der Waals surface area contributed by atoms with E-state index in [0.29, 0.717) is 24.5 Å². The summed E-state index contributed by atoms with van der Waals surface area (Å²) in [7, 11) is 0. The molecule has 6 nitrogen and oxygen atoms in total. The zero-order valence-corrected chi connectivity index (χ0v) is 13.2. The van der Waals surface area contributed by atoms with E-state index in [1.807, 2.05) is 25.1 Å². The zero-order valence-electron chi connectivity index (χ0n) is 13.2. The van der Waals surface area contributed by atoms with Crippen molar-refractivity contribution in [1.29, 1.82) is 5.26 Å². The second-order valence-electron chi connectivity index (χ2n) is 5.56. The van der Waals surface area contributed by atoms with Crippen LogP contribution in [0.4, 0.5) is 5.95 Å². The lowest BCUT2D eigenvalue weighted by Gasteiger charge is -2.22. The first-order valence-electron chi connectivity index (χ1n) is 7.91. The van der Waals surface area contributed by atoms with E-state index in [0.717, 1.165) is 30.8 Å². The van der Waals surface area contributed by atoms with E-state index < -0.39 is 0 Å². The van der Waals surface area contributed by atoms with Gasteiger partial charge in [-0.1, -0.05) is 0 Å². The fourth-order valence-corrected chi connectivity index (χ4v) is 2.73. The van der Waals surface area contributed by atoms with Crippen LogP contribution in [0.5, 0.6) is 0 Å². The van der Waals surface area contributed by atoms with Crippen molar-refractivity contribution in [3.8, 4) is 6.07 Å². The number of aromatic nitrogens is 2. The van der Waals surface area contributed by atoms with Crippen LogP contribution in [0.3, 0.4) is 0 Å². The van der Waals surface area contributed by atoms with Gasteiger partial charge < -0.3 is 14.8 Å². The normalized spacial score (nSPS) is 23.8. The summed E-state index contributed by atoms with van der Waals surface area (Å²) in [6.45, 7) is 4.13. The number of hydrogen-bond acceptors (Lipinski definition) is 6. The van der Waals surface area contributed by atoms with E-state index in [9.17, 15) is 5.26 Å². The molecule has 1 saturated heterocycles. The molecule has 1 aliphatic heterocycles. The molecule has 0 amide bonds. The largest absolute Gasteiger partial charge is 0.379 e. The van der Waals surface area contributed by atoms with E-state index in [-0.39, 0.29) is 12.2 Å². The maximum atomic E-state index is 9.30. The van der Waals surface area contributed by atoms with E-state index in [4.69, 9.17) is 9.47 Å². The smallest absolute Gasteiger partial charge is 0.223 e. The highest BCUT2D eigenvalue weighted by Gasteiger charge is 2.24. The van der Waals surface area contributed by atoms with Gasteiger partial charge in [0, 0.05) is 31.3 Å². The molecule has 1 aliphatic carbocycles. The predicted octanol–water partition coefficient (Wildman–Crippen LogP) is 2.32. The van der Waals surface area contributed by atoms with Crippen LogP contribution in [0.15, 0.2) is 30.0 Å². The Morgan fingerprint density at radius 1 is 1.52 bits per heavy atom.